The Hall–Kier alpha value is -0.180. The van der Waals surface area contributed by atoms with Gasteiger partial charge in [-0.05, 0) is 104 Å². The second-order valence-electron chi connectivity index (χ2n) is 16.3. The molecule has 230 valence electrons. The van der Waals surface area contributed by atoms with E-state index in [0.717, 1.165) is 38.5 Å². The maximum atomic E-state index is 14.5. The van der Waals surface area contributed by atoms with E-state index in [1.807, 2.05) is 13.0 Å². The zero-order valence-electron chi connectivity index (χ0n) is 28.1. The Morgan fingerprint density at radius 1 is 0.860 bits per heavy atom. The average Bonchev–Trinajstić information content (AvgIpc) is 2.86. The van der Waals surface area contributed by atoms with E-state index in [9.17, 15) is 24.3 Å². The van der Waals surface area contributed by atoms with Crippen molar-refractivity contribution in [3.8, 4) is 0 Å². The first kappa shape index (κ1) is 37.3. The normalized spacial score (nSPS) is 44.4. The van der Waals surface area contributed by atoms with Gasteiger partial charge in [0.1, 0.15) is 6.10 Å². The molecule has 9 atom stereocenters. The third-order valence-corrected chi connectivity index (χ3v) is 13.8. The van der Waals surface area contributed by atoms with Crippen LogP contribution in [0.2, 0.25) is 0 Å². The maximum absolute atomic E-state index is 14.5. The second kappa shape index (κ2) is 12.1. The number of ether oxygens (including phenoxy) is 1. The van der Waals surface area contributed by atoms with E-state index < -0.39 is 23.3 Å². The summed E-state index contributed by atoms with van der Waals surface area (Å²) in [6.45, 7) is 15.5. The molecule has 0 heterocycles. The van der Waals surface area contributed by atoms with Crippen molar-refractivity contribution in [3.63, 3.8) is 0 Å². The molecular weight excluding hydrogens is 566 g/mol. The van der Waals surface area contributed by atoms with Gasteiger partial charge in [0, 0.05) is 70.4 Å². The summed E-state index contributed by atoms with van der Waals surface area (Å²) in [6.07, 6.45) is 8.80. The van der Waals surface area contributed by atoms with Gasteiger partial charge in [0.05, 0.1) is 18.3 Å². The third kappa shape index (κ3) is 5.60. The number of ketones is 1. The van der Waals surface area contributed by atoms with Gasteiger partial charge in [-0.1, -0.05) is 47.1 Å². The summed E-state index contributed by atoms with van der Waals surface area (Å²) in [5.74, 6) is -1.87. The predicted octanol–water partition coefficient (Wildman–Crippen LogP) is 6.07. The molecule has 0 aromatic rings. The molecule has 0 spiro atoms. The van der Waals surface area contributed by atoms with Gasteiger partial charge in [-0.25, -0.2) is 0 Å². The van der Waals surface area contributed by atoms with Gasteiger partial charge in [0.25, 0.3) is 0 Å². The molecule has 5 rings (SSSR count). The molecule has 0 aromatic carbocycles. The van der Waals surface area contributed by atoms with Crippen LogP contribution < -0.4 is 0 Å². The van der Waals surface area contributed by atoms with E-state index in [2.05, 4.69) is 41.5 Å². The molecule has 9 heteroatoms. The van der Waals surface area contributed by atoms with Crippen LogP contribution in [0.25, 0.3) is 0 Å². The number of carboxylic acid groups (broad SMARTS) is 2. The SMILES string of the molecule is CC1(C(=O)O)CC[C@]2(C)CC[C@]3(C)C(=CC(=O)[C@@H]4[C@@]5(C)CC[C@H](OC(=O)CCC(=O)O)C(C)(C)C5CC[C@]43C)[C@@H]2C1.[Na].[Na]. The van der Waals surface area contributed by atoms with Gasteiger partial charge in [-0.2, -0.15) is 0 Å². The average molecular weight is 617 g/mol. The van der Waals surface area contributed by atoms with Crippen LogP contribution in [0.4, 0.5) is 0 Å². The van der Waals surface area contributed by atoms with Crippen LogP contribution >= 0.6 is 0 Å². The number of carbonyl (C=O) groups excluding carboxylic acids is 2. The van der Waals surface area contributed by atoms with Crippen molar-refractivity contribution in [2.75, 3.05) is 0 Å². The minimum atomic E-state index is -1.01. The Bertz CT molecular complexity index is 1210. The third-order valence-electron chi connectivity index (χ3n) is 13.8. The topological polar surface area (TPSA) is 118 Å². The van der Waals surface area contributed by atoms with E-state index >= 15 is 0 Å². The number of rotatable bonds is 5. The van der Waals surface area contributed by atoms with Crippen molar-refractivity contribution >= 4 is 82.8 Å². The number of hydrogen-bond donors (Lipinski definition) is 2. The van der Waals surface area contributed by atoms with Gasteiger partial charge in [0.2, 0.25) is 0 Å². The van der Waals surface area contributed by atoms with Crippen LogP contribution in [0.15, 0.2) is 11.6 Å². The summed E-state index contributed by atoms with van der Waals surface area (Å²) < 4.78 is 5.91. The molecule has 7 nitrogen and oxygen atoms in total. The number of fused-ring (bicyclic) bond motifs is 7. The summed E-state index contributed by atoms with van der Waals surface area (Å²) in [5, 5.41) is 19.1. The Kier molecular flexibility index (Phi) is 10.5. The minimum absolute atomic E-state index is 0. The molecule has 0 saturated heterocycles. The zero-order valence-corrected chi connectivity index (χ0v) is 32.1. The van der Waals surface area contributed by atoms with E-state index in [4.69, 9.17) is 9.84 Å². The molecular formula is C34H50Na2O7. The van der Waals surface area contributed by atoms with Crippen molar-refractivity contribution in [1.29, 1.82) is 0 Å². The van der Waals surface area contributed by atoms with Crippen molar-refractivity contribution in [2.24, 2.45) is 50.2 Å². The number of esters is 1. The zero-order chi connectivity index (χ0) is 30.4. The number of hydrogen-bond acceptors (Lipinski definition) is 5. The molecule has 0 aromatic heterocycles. The summed E-state index contributed by atoms with van der Waals surface area (Å²) in [7, 11) is 0. The summed E-state index contributed by atoms with van der Waals surface area (Å²) in [5.41, 5.74) is -0.553. The summed E-state index contributed by atoms with van der Waals surface area (Å²) in [6, 6.07) is 0. The quantitative estimate of drug-likeness (QED) is 0.285. The molecule has 0 bridgehead atoms. The largest absolute Gasteiger partial charge is 0.481 e. The summed E-state index contributed by atoms with van der Waals surface area (Å²) >= 11 is 0. The first-order valence-electron chi connectivity index (χ1n) is 15.7. The Labute approximate surface area is 301 Å². The van der Waals surface area contributed by atoms with Crippen LogP contribution in [0.3, 0.4) is 0 Å². The Balaban J connectivity index is 0.00000253. The standard InChI is InChI=1S/C34H50O7.2Na/c1-29(2)23-10-13-34(7)27(32(23,5)12-11-24(29)41-26(38)9-8-25(36)37)22(35)18-20-21-19-31(4,28(39)40)15-14-30(21,3)16-17-33(20,34)6;;/h18,21,23-24,27H,8-17,19H2,1-7H3,(H,36,37)(H,39,40);;/t21-,23?,24-,27+,30+,31?,32-,33+,34+;;/m0../s1. The van der Waals surface area contributed by atoms with E-state index in [-0.39, 0.29) is 129 Å². The second-order valence-corrected chi connectivity index (χ2v) is 16.3. The Morgan fingerprint density at radius 2 is 1.49 bits per heavy atom. The van der Waals surface area contributed by atoms with Crippen molar-refractivity contribution in [2.45, 2.75) is 125 Å². The van der Waals surface area contributed by atoms with Crippen LogP contribution in [0, 0.1) is 50.2 Å². The fourth-order valence-electron chi connectivity index (χ4n) is 11.0. The molecule has 0 amide bonds. The predicted molar refractivity (Wildman–Crippen MR) is 165 cm³/mol. The molecule has 43 heavy (non-hydrogen) atoms. The van der Waals surface area contributed by atoms with E-state index in [0.29, 0.717) is 19.3 Å². The smallest absolute Gasteiger partial charge is 0.309 e. The monoisotopic (exact) mass is 616 g/mol. The van der Waals surface area contributed by atoms with E-state index in [1.54, 1.807) is 0 Å². The summed E-state index contributed by atoms with van der Waals surface area (Å²) in [4.78, 5) is 50.3. The molecule has 0 aliphatic heterocycles. The molecule has 4 saturated carbocycles. The van der Waals surface area contributed by atoms with Gasteiger partial charge >= 0.3 is 17.9 Å². The molecule has 2 unspecified atom stereocenters. The minimum Gasteiger partial charge on any atom is -0.481 e. The van der Waals surface area contributed by atoms with Crippen LogP contribution in [0.5, 0.6) is 0 Å². The number of carboxylic acids is 2. The van der Waals surface area contributed by atoms with Gasteiger partial charge in [-0.3, -0.25) is 19.2 Å². The van der Waals surface area contributed by atoms with Crippen LogP contribution in [-0.4, -0.2) is 99.1 Å². The van der Waals surface area contributed by atoms with E-state index in [1.165, 1.54) is 5.57 Å². The number of aliphatic carboxylic acids is 2. The van der Waals surface area contributed by atoms with Crippen LogP contribution in [0.1, 0.15) is 119 Å². The van der Waals surface area contributed by atoms with Crippen LogP contribution in [-0.2, 0) is 23.9 Å². The fourth-order valence-corrected chi connectivity index (χ4v) is 11.0. The van der Waals surface area contributed by atoms with Gasteiger partial charge in [0.15, 0.2) is 5.78 Å². The number of carbonyl (C=O) groups is 4. The Morgan fingerprint density at radius 3 is 2.09 bits per heavy atom. The number of allylic oxidation sites excluding steroid dienone is 2. The molecule has 5 aliphatic carbocycles. The van der Waals surface area contributed by atoms with Crippen molar-refractivity contribution in [1.82, 2.24) is 0 Å². The van der Waals surface area contributed by atoms with Crippen molar-refractivity contribution in [3.05, 3.63) is 11.6 Å². The maximum Gasteiger partial charge on any atom is 0.309 e. The molecule has 5 aliphatic rings. The molecule has 4 fully saturated rings. The fraction of sp³-hybridized carbons (Fsp3) is 0.824. The van der Waals surface area contributed by atoms with Gasteiger partial charge < -0.3 is 14.9 Å². The molecule has 2 radical (unpaired) electrons. The van der Waals surface area contributed by atoms with Gasteiger partial charge in [-0.15, -0.1) is 0 Å². The van der Waals surface area contributed by atoms with Crippen molar-refractivity contribution < 1.29 is 34.1 Å². The molecule has 2 N–H and O–H groups in total. The first-order chi connectivity index (χ1) is 18.8. The first-order valence-corrected chi connectivity index (χ1v) is 15.7.